The Hall–Kier alpha value is -2.36. The Balaban J connectivity index is 2.22. The number of hydrogen-bond donors (Lipinski definition) is 1. The SMILES string of the molecule is CCCc1c(O)ccc2c(-c3cccc(F)c3)noc12. The molecule has 2 aromatic carbocycles. The van der Waals surface area contributed by atoms with Crippen LogP contribution in [0, 0.1) is 5.82 Å². The number of hydrogen-bond acceptors (Lipinski definition) is 3. The molecule has 0 atom stereocenters. The van der Waals surface area contributed by atoms with E-state index in [1.807, 2.05) is 6.92 Å². The molecule has 1 heterocycles. The molecule has 0 spiro atoms. The minimum atomic E-state index is -0.314. The molecular formula is C16H14FNO2. The van der Waals surface area contributed by atoms with Crippen LogP contribution in [0.15, 0.2) is 40.9 Å². The topological polar surface area (TPSA) is 46.3 Å². The van der Waals surface area contributed by atoms with Crippen molar-refractivity contribution in [3.05, 3.63) is 47.8 Å². The van der Waals surface area contributed by atoms with E-state index in [1.54, 1.807) is 24.3 Å². The lowest BCUT2D eigenvalue weighted by molar-refractivity contribution is 0.444. The number of halogens is 1. The Morgan fingerprint density at radius 1 is 1.25 bits per heavy atom. The van der Waals surface area contributed by atoms with Gasteiger partial charge in [0, 0.05) is 11.1 Å². The maximum absolute atomic E-state index is 13.3. The number of rotatable bonds is 3. The molecule has 0 aliphatic rings. The van der Waals surface area contributed by atoms with E-state index in [-0.39, 0.29) is 11.6 Å². The lowest BCUT2D eigenvalue weighted by Crippen LogP contribution is -1.86. The lowest BCUT2D eigenvalue weighted by atomic mass is 10.0. The molecule has 102 valence electrons. The molecule has 0 amide bonds. The van der Waals surface area contributed by atoms with Gasteiger partial charge in [0.2, 0.25) is 0 Å². The van der Waals surface area contributed by atoms with Crippen LogP contribution in [0.4, 0.5) is 4.39 Å². The molecule has 0 aliphatic heterocycles. The Labute approximate surface area is 115 Å². The van der Waals surface area contributed by atoms with E-state index in [9.17, 15) is 9.50 Å². The van der Waals surface area contributed by atoms with Crippen molar-refractivity contribution in [2.24, 2.45) is 0 Å². The van der Waals surface area contributed by atoms with E-state index < -0.39 is 0 Å². The van der Waals surface area contributed by atoms with E-state index in [0.717, 1.165) is 17.4 Å². The van der Waals surface area contributed by atoms with E-state index in [1.165, 1.54) is 12.1 Å². The summed E-state index contributed by atoms with van der Waals surface area (Å²) in [5, 5.41) is 14.7. The van der Waals surface area contributed by atoms with E-state index >= 15 is 0 Å². The van der Waals surface area contributed by atoms with Crippen LogP contribution in [-0.2, 0) is 6.42 Å². The zero-order valence-corrected chi connectivity index (χ0v) is 11.1. The fourth-order valence-corrected chi connectivity index (χ4v) is 2.38. The zero-order valence-electron chi connectivity index (χ0n) is 11.1. The summed E-state index contributed by atoms with van der Waals surface area (Å²) >= 11 is 0. The Kier molecular flexibility index (Phi) is 3.14. The first-order valence-corrected chi connectivity index (χ1v) is 6.57. The van der Waals surface area contributed by atoms with Gasteiger partial charge >= 0.3 is 0 Å². The second-order valence-corrected chi connectivity index (χ2v) is 4.73. The molecule has 1 N–H and O–H groups in total. The lowest BCUT2D eigenvalue weighted by Gasteiger charge is -2.03. The molecule has 1 aromatic heterocycles. The zero-order chi connectivity index (χ0) is 14.1. The summed E-state index contributed by atoms with van der Waals surface area (Å²) in [6.45, 7) is 2.03. The van der Waals surface area contributed by atoms with Crippen LogP contribution in [-0.4, -0.2) is 10.3 Å². The van der Waals surface area contributed by atoms with Crippen LogP contribution < -0.4 is 0 Å². The van der Waals surface area contributed by atoms with Gasteiger partial charge in [-0.25, -0.2) is 4.39 Å². The van der Waals surface area contributed by atoms with E-state index in [4.69, 9.17) is 4.52 Å². The molecule has 0 aliphatic carbocycles. The van der Waals surface area contributed by atoms with Gasteiger partial charge in [-0.2, -0.15) is 0 Å². The third-order valence-electron chi connectivity index (χ3n) is 3.32. The van der Waals surface area contributed by atoms with Crippen LogP contribution in [0.5, 0.6) is 5.75 Å². The second-order valence-electron chi connectivity index (χ2n) is 4.73. The summed E-state index contributed by atoms with van der Waals surface area (Å²) < 4.78 is 18.7. The smallest absolute Gasteiger partial charge is 0.174 e. The van der Waals surface area contributed by atoms with Gasteiger partial charge in [-0.3, -0.25) is 0 Å². The van der Waals surface area contributed by atoms with Gasteiger partial charge in [-0.15, -0.1) is 0 Å². The van der Waals surface area contributed by atoms with Crippen molar-refractivity contribution in [2.75, 3.05) is 0 Å². The summed E-state index contributed by atoms with van der Waals surface area (Å²) in [5.74, 6) is -0.104. The minimum Gasteiger partial charge on any atom is -0.508 e. The fraction of sp³-hybridized carbons (Fsp3) is 0.188. The highest BCUT2D eigenvalue weighted by atomic mass is 19.1. The van der Waals surface area contributed by atoms with E-state index in [2.05, 4.69) is 5.16 Å². The number of phenolic OH excluding ortho intramolecular Hbond substituents is 1. The molecular weight excluding hydrogens is 257 g/mol. The Morgan fingerprint density at radius 2 is 2.10 bits per heavy atom. The Morgan fingerprint density at radius 3 is 2.85 bits per heavy atom. The monoisotopic (exact) mass is 271 g/mol. The first kappa shape index (κ1) is 12.7. The molecule has 0 unspecified atom stereocenters. The maximum Gasteiger partial charge on any atom is 0.174 e. The third-order valence-corrected chi connectivity index (χ3v) is 3.32. The van der Waals surface area contributed by atoms with Crippen LogP contribution in [0.1, 0.15) is 18.9 Å². The molecule has 3 nitrogen and oxygen atoms in total. The molecule has 3 rings (SSSR count). The summed E-state index contributed by atoms with van der Waals surface area (Å²) in [7, 11) is 0. The van der Waals surface area contributed by atoms with Crippen LogP contribution in [0.25, 0.3) is 22.2 Å². The molecule has 0 saturated heterocycles. The van der Waals surface area contributed by atoms with Crippen LogP contribution in [0.3, 0.4) is 0 Å². The normalized spacial score (nSPS) is 11.1. The van der Waals surface area contributed by atoms with Gasteiger partial charge in [0.25, 0.3) is 0 Å². The maximum atomic E-state index is 13.3. The molecule has 0 fully saturated rings. The van der Waals surface area contributed by atoms with Gasteiger partial charge < -0.3 is 9.63 Å². The minimum absolute atomic E-state index is 0.210. The average molecular weight is 271 g/mol. The van der Waals surface area contributed by atoms with Crippen molar-refractivity contribution < 1.29 is 14.0 Å². The summed E-state index contributed by atoms with van der Waals surface area (Å²) in [6.07, 6.45) is 1.60. The average Bonchev–Trinajstić information content (AvgIpc) is 2.86. The first-order chi connectivity index (χ1) is 9.70. The highest BCUT2D eigenvalue weighted by Crippen LogP contribution is 2.34. The van der Waals surface area contributed by atoms with Crippen molar-refractivity contribution >= 4 is 11.0 Å². The summed E-state index contributed by atoms with van der Waals surface area (Å²) in [6, 6.07) is 9.61. The van der Waals surface area contributed by atoms with Gasteiger partial charge in [-0.1, -0.05) is 30.6 Å². The first-order valence-electron chi connectivity index (χ1n) is 6.57. The number of fused-ring (bicyclic) bond motifs is 1. The molecule has 0 bridgehead atoms. The van der Waals surface area contributed by atoms with Crippen molar-refractivity contribution in [1.29, 1.82) is 0 Å². The van der Waals surface area contributed by atoms with E-state index in [0.29, 0.717) is 23.3 Å². The van der Waals surface area contributed by atoms with Gasteiger partial charge in [0.15, 0.2) is 5.58 Å². The molecule has 0 saturated carbocycles. The Bertz CT molecular complexity index is 764. The number of phenols is 1. The largest absolute Gasteiger partial charge is 0.508 e. The molecule has 3 aromatic rings. The van der Waals surface area contributed by atoms with Crippen molar-refractivity contribution in [3.63, 3.8) is 0 Å². The quantitative estimate of drug-likeness (QED) is 0.772. The standard InChI is InChI=1S/C16H14FNO2/c1-2-4-12-14(19)8-7-13-15(18-20-16(12)13)10-5-3-6-11(17)9-10/h3,5-9,19H,2,4H2,1H3. The van der Waals surface area contributed by atoms with Gasteiger partial charge in [-0.05, 0) is 30.7 Å². The summed E-state index contributed by atoms with van der Waals surface area (Å²) in [4.78, 5) is 0. The number of aromatic hydroxyl groups is 1. The van der Waals surface area contributed by atoms with Crippen molar-refractivity contribution in [2.45, 2.75) is 19.8 Å². The van der Waals surface area contributed by atoms with Crippen molar-refractivity contribution in [1.82, 2.24) is 5.16 Å². The van der Waals surface area contributed by atoms with Gasteiger partial charge in [0.05, 0.1) is 5.39 Å². The number of aromatic nitrogens is 1. The third kappa shape index (κ3) is 2.03. The predicted octanol–water partition coefficient (Wildman–Crippen LogP) is 4.29. The highest BCUT2D eigenvalue weighted by Gasteiger charge is 2.16. The van der Waals surface area contributed by atoms with Crippen LogP contribution in [0.2, 0.25) is 0 Å². The molecule has 20 heavy (non-hydrogen) atoms. The fourth-order valence-electron chi connectivity index (χ4n) is 2.38. The van der Waals surface area contributed by atoms with Gasteiger partial charge in [0.1, 0.15) is 17.3 Å². The highest BCUT2D eigenvalue weighted by molar-refractivity contribution is 5.94. The number of aryl methyl sites for hydroxylation is 1. The number of benzene rings is 2. The predicted molar refractivity (Wildman–Crippen MR) is 75.1 cm³/mol. The summed E-state index contributed by atoms with van der Waals surface area (Å²) in [5.41, 5.74) is 2.58. The molecule has 4 heteroatoms. The van der Waals surface area contributed by atoms with Crippen LogP contribution >= 0.6 is 0 Å². The van der Waals surface area contributed by atoms with Crippen molar-refractivity contribution in [3.8, 4) is 17.0 Å². The molecule has 0 radical (unpaired) electrons. The second kappa shape index (κ2) is 4.96. The number of nitrogens with zero attached hydrogens (tertiary/aromatic N) is 1.